The lowest BCUT2D eigenvalue weighted by Gasteiger charge is -2.43. The minimum Gasteiger partial charge on any atom is -0.374 e. The molecule has 0 bridgehead atoms. The average Bonchev–Trinajstić information content (AvgIpc) is 4.04. The van der Waals surface area contributed by atoms with Crippen molar-refractivity contribution in [1.29, 1.82) is 0 Å². The quantitative estimate of drug-likeness (QED) is 0.226. The van der Waals surface area contributed by atoms with Gasteiger partial charge in [-0.2, -0.15) is 0 Å². The van der Waals surface area contributed by atoms with Gasteiger partial charge in [-0.1, -0.05) is 18.2 Å². The van der Waals surface area contributed by atoms with E-state index >= 15 is 8.78 Å². The second-order valence-corrected chi connectivity index (χ2v) is 16.0. The summed E-state index contributed by atoms with van der Waals surface area (Å²) >= 11 is 0. The normalized spacial score (nSPS) is 24.7. The van der Waals surface area contributed by atoms with Crippen LogP contribution in [0.25, 0.3) is 11.3 Å². The number of hydrogen-bond donors (Lipinski definition) is 3. The second kappa shape index (κ2) is 15.8. The van der Waals surface area contributed by atoms with Crippen LogP contribution in [0.2, 0.25) is 0 Å². The molecule has 1 unspecified atom stereocenters. The third-order valence-electron chi connectivity index (χ3n) is 12.1. The maximum absolute atomic E-state index is 16.1. The van der Waals surface area contributed by atoms with Crippen LogP contribution in [0.3, 0.4) is 0 Å². The number of benzene rings is 2. The fourth-order valence-corrected chi connectivity index (χ4v) is 8.64. The summed E-state index contributed by atoms with van der Waals surface area (Å²) in [4.78, 5) is 51.6. The zero-order valence-electron chi connectivity index (χ0n) is 31.0. The number of aromatic nitrogens is 2. The monoisotopic (exact) mass is 758 g/mol. The Morgan fingerprint density at radius 2 is 1.64 bits per heavy atom. The van der Waals surface area contributed by atoms with Gasteiger partial charge < -0.3 is 20.4 Å². The number of rotatable bonds is 10. The number of carbonyl (C=O) groups is 3. The van der Waals surface area contributed by atoms with Crippen molar-refractivity contribution in [2.45, 2.75) is 87.9 Å². The predicted molar refractivity (Wildman–Crippen MR) is 203 cm³/mol. The average molecular weight is 759 g/mol. The predicted octanol–water partition coefficient (Wildman–Crippen LogP) is 5.64. The molecular formula is C41H49F3N8O3. The van der Waals surface area contributed by atoms with E-state index in [1.54, 1.807) is 12.1 Å². The molecule has 3 saturated heterocycles. The minimum atomic E-state index is -1.39. The number of piperidine rings is 2. The molecule has 4 heterocycles. The molecule has 3 aromatic rings. The molecule has 1 atom stereocenters. The largest absolute Gasteiger partial charge is 0.374 e. The number of nitrogens with one attached hydrogen (secondary N) is 3. The second-order valence-electron chi connectivity index (χ2n) is 16.0. The highest BCUT2D eigenvalue weighted by Crippen LogP contribution is 2.41. The molecule has 3 amide bonds. The molecule has 1 aromatic heterocycles. The number of carbonyl (C=O) groups excluding carboxylic acids is 3. The first-order valence-electron chi connectivity index (χ1n) is 19.8. The van der Waals surface area contributed by atoms with E-state index in [0.717, 1.165) is 31.2 Å². The number of halogens is 3. The topological polar surface area (TPSA) is 123 Å². The zero-order chi connectivity index (χ0) is 38.1. The Kier molecular flexibility index (Phi) is 10.7. The van der Waals surface area contributed by atoms with Gasteiger partial charge in [0.1, 0.15) is 23.2 Å². The number of nitrogens with zero attached hydrogens (tertiary/aromatic N) is 5. The Morgan fingerprint density at radius 1 is 0.873 bits per heavy atom. The molecular weight excluding hydrogens is 709 g/mol. The number of likely N-dealkylation sites (tertiary alicyclic amines) is 1. The molecule has 8 rings (SSSR count). The molecule has 5 fully saturated rings. The summed E-state index contributed by atoms with van der Waals surface area (Å²) < 4.78 is 46.1. The van der Waals surface area contributed by atoms with Crippen LogP contribution in [0.5, 0.6) is 0 Å². The summed E-state index contributed by atoms with van der Waals surface area (Å²) in [6.45, 7) is 3.38. The van der Waals surface area contributed by atoms with Gasteiger partial charge in [0.25, 0.3) is 0 Å². The number of anilines is 3. The summed E-state index contributed by atoms with van der Waals surface area (Å²) in [5.41, 5.74) is 1.81. The lowest BCUT2D eigenvalue weighted by atomic mass is 9.84. The summed E-state index contributed by atoms with van der Waals surface area (Å²) in [5.74, 6) is -0.620. The van der Waals surface area contributed by atoms with Crippen molar-refractivity contribution in [3.63, 3.8) is 0 Å². The fraction of sp³-hybridized carbons (Fsp3) is 0.537. The van der Waals surface area contributed by atoms with Crippen molar-refractivity contribution in [3.05, 3.63) is 65.9 Å². The SMILES string of the molecule is O=C1CCC(Nc2ccc(N3CCN(CC4(F)CCN(C(=O)[C@H]5CC[C@H](Nc6ncc(F)c(-c7cccc(C8CC8)c7)n6)CC5)CC4)CC3)c(F)c2)C(=O)N1. The van der Waals surface area contributed by atoms with E-state index in [1.165, 1.54) is 30.7 Å². The molecule has 11 nitrogen and oxygen atoms in total. The van der Waals surface area contributed by atoms with E-state index < -0.39 is 29.3 Å². The molecule has 2 aromatic carbocycles. The van der Waals surface area contributed by atoms with Gasteiger partial charge in [-0.25, -0.2) is 23.1 Å². The van der Waals surface area contributed by atoms with Crippen LogP contribution in [0.1, 0.15) is 75.7 Å². The van der Waals surface area contributed by atoms with E-state index in [1.807, 2.05) is 28.0 Å². The maximum Gasteiger partial charge on any atom is 0.249 e. The van der Waals surface area contributed by atoms with Crippen molar-refractivity contribution in [3.8, 4) is 11.3 Å². The van der Waals surface area contributed by atoms with Gasteiger partial charge in [-0.15, -0.1) is 0 Å². The first-order chi connectivity index (χ1) is 26.6. The molecule has 3 N–H and O–H groups in total. The summed E-state index contributed by atoms with van der Waals surface area (Å²) in [6, 6.07) is 12.2. The van der Waals surface area contributed by atoms with E-state index in [9.17, 15) is 18.8 Å². The first-order valence-corrected chi connectivity index (χ1v) is 19.8. The van der Waals surface area contributed by atoms with Gasteiger partial charge >= 0.3 is 0 Å². The van der Waals surface area contributed by atoms with Gasteiger partial charge in [0.15, 0.2) is 5.82 Å². The fourth-order valence-electron chi connectivity index (χ4n) is 8.64. The Labute approximate surface area is 319 Å². The number of amides is 3. The molecule has 0 radical (unpaired) electrons. The van der Waals surface area contributed by atoms with Gasteiger partial charge in [-0.05, 0) is 80.7 Å². The number of hydrogen-bond acceptors (Lipinski definition) is 9. The summed E-state index contributed by atoms with van der Waals surface area (Å²) in [6.07, 6.45) is 7.70. The van der Waals surface area contributed by atoms with Crippen molar-refractivity contribution >= 4 is 35.0 Å². The third kappa shape index (κ3) is 8.74. The Bertz CT molecular complexity index is 1900. The van der Waals surface area contributed by atoms with Crippen molar-refractivity contribution in [1.82, 2.24) is 25.1 Å². The molecule has 55 heavy (non-hydrogen) atoms. The van der Waals surface area contributed by atoms with Gasteiger partial charge in [0.05, 0.1) is 11.9 Å². The molecule has 2 saturated carbocycles. The van der Waals surface area contributed by atoms with Crippen LogP contribution in [-0.2, 0) is 14.4 Å². The van der Waals surface area contributed by atoms with Crippen LogP contribution in [-0.4, -0.2) is 101 Å². The smallest absolute Gasteiger partial charge is 0.249 e. The van der Waals surface area contributed by atoms with Crippen molar-refractivity contribution in [2.24, 2.45) is 5.92 Å². The van der Waals surface area contributed by atoms with Crippen molar-refractivity contribution < 1.29 is 27.6 Å². The van der Waals surface area contributed by atoms with E-state index in [2.05, 4.69) is 36.9 Å². The van der Waals surface area contributed by atoms with Crippen LogP contribution < -0.4 is 20.9 Å². The van der Waals surface area contributed by atoms with Crippen LogP contribution in [0.4, 0.5) is 30.5 Å². The molecule has 5 aliphatic rings. The summed E-state index contributed by atoms with van der Waals surface area (Å²) in [5, 5.41) is 8.69. The standard InChI is InChI=1S/C41H49F3N8O3/c42-32-23-31(46-34-11-13-36(53)48-38(34)54)10-12-35(32)51-20-18-50(19-21-51)25-41(44)14-16-52(17-15-41)39(55)27-6-8-30(9-7-27)47-40-45-24-33(43)37(49-40)29-3-1-2-28(22-29)26-4-5-26/h1-3,10,12,22-24,26-27,30,34,46H,4-9,11,13-21,25H2,(H,45,47,49)(H,48,53,54)/t27-,30-,34?. The lowest BCUT2D eigenvalue weighted by Crippen LogP contribution is -2.54. The lowest BCUT2D eigenvalue weighted by molar-refractivity contribution is -0.139. The zero-order valence-corrected chi connectivity index (χ0v) is 31.0. The highest BCUT2D eigenvalue weighted by molar-refractivity contribution is 6.01. The highest BCUT2D eigenvalue weighted by atomic mass is 19.1. The van der Waals surface area contributed by atoms with Crippen LogP contribution in [0, 0.1) is 17.6 Å². The van der Waals surface area contributed by atoms with E-state index in [4.69, 9.17) is 0 Å². The summed E-state index contributed by atoms with van der Waals surface area (Å²) in [7, 11) is 0. The molecule has 2 aliphatic carbocycles. The molecule has 0 spiro atoms. The van der Waals surface area contributed by atoms with Crippen molar-refractivity contribution in [2.75, 3.05) is 61.3 Å². The van der Waals surface area contributed by atoms with Crippen LogP contribution in [0.15, 0.2) is 48.7 Å². The highest BCUT2D eigenvalue weighted by Gasteiger charge is 2.40. The molecule has 14 heteroatoms. The van der Waals surface area contributed by atoms with Gasteiger partial charge in [-0.3, -0.25) is 24.6 Å². The Morgan fingerprint density at radius 3 is 2.35 bits per heavy atom. The molecule has 3 aliphatic heterocycles. The maximum atomic E-state index is 16.1. The first kappa shape index (κ1) is 37.2. The Hall–Kier alpha value is -4.72. The number of alkyl halides is 1. The molecule has 292 valence electrons. The number of imide groups is 1. The number of piperazine rings is 1. The third-order valence-corrected chi connectivity index (χ3v) is 12.1. The van der Waals surface area contributed by atoms with Gasteiger partial charge in [0, 0.05) is 88.3 Å². The Balaban J connectivity index is 0.765. The minimum absolute atomic E-state index is 0.0818. The van der Waals surface area contributed by atoms with E-state index in [0.29, 0.717) is 87.5 Å². The van der Waals surface area contributed by atoms with Gasteiger partial charge in [0.2, 0.25) is 23.7 Å². The van der Waals surface area contributed by atoms with E-state index in [-0.39, 0.29) is 36.7 Å². The van der Waals surface area contributed by atoms with Crippen LogP contribution >= 0.6 is 0 Å².